The van der Waals surface area contributed by atoms with Crippen molar-refractivity contribution in [2.24, 2.45) is 11.8 Å². The molecular weight excluding hydrogens is 254 g/mol. The van der Waals surface area contributed by atoms with Crippen LogP contribution in [-0.4, -0.2) is 28.2 Å². The van der Waals surface area contributed by atoms with Crippen LogP contribution in [-0.2, 0) is 14.3 Å². The molecule has 0 saturated carbocycles. The second-order valence-electron chi connectivity index (χ2n) is 4.55. The average Bonchev–Trinajstić information content (AvgIpc) is 2.89. The summed E-state index contributed by atoms with van der Waals surface area (Å²) in [4.78, 5) is 23.3. The Bertz CT molecular complexity index is 435. The first-order valence-corrected chi connectivity index (χ1v) is 6.71. The fourth-order valence-electron chi connectivity index (χ4n) is 2.02. The molecule has 1 fully saturated rings. The normalized spacial score (nSPS) is 24.7. The zero-order valence-electron chi connectivity index (χ0n) is 10.3. The van der Waals surface area contributed by atoms with Crippen molar-refractivity contribution < 1.29 is 14.3 Å². The minimum Gasteiger partial charge on any atom is -0.462 e. The van der Waals surface area contributed by atoms with Gasteiger partial charge in [-0.05, 0) is 19.8 Å². The van der Waals surface area contributed by atoms with E-state index in [1.165, 1.54) is 11.3 Å². The van der Waals surface area contributed by atoms with Crippen LogP contribution in [0, 0.1) is 11.8 Å². The number of anilines is 1. The predicted molar refractivity (Wildman–Crippen MR) is 66.0 cm³/mol. The molecule has 1 aliphatic rings. The number of ether oxygens (including phenoxy) is 1. The molecule has 1 amide bonds. The maximum Gasteiger partial charge on any atom is 0.309 e. The van der Waals surface area contributed by atoms with Crippen LogP contribution in [0.2, 0.25) is 0 Å². The minimum atomic E-state index is -0.253. The number of nitrogens with one attached hydrogen (secondary N) is 1. The van der Waals surface area contributed by atoms with Crippen molar-refractivity contribution in [3.63, 3.8) is 0 Å². The first-order chi connectivity index (χ1) is 8.56. The maximum atomic E-state index is 11.9. The van der Waals surface area contributed by atoms with E-state index in [9.17, 15) is 9.59 Å². The van der Waals surface area contributed by atoms with Gasteiger partial charge in [-0.2, -0.15) is 0 Å². The molecule has 0 unspecified atom stereocenters. The van der Waals surface area contributed by atoms with Gasteiger partial charge in [-0.25, -0.2) is 0 Å². The zero-order chi connectivity index (χ0) is 13.1. The molecule has 2 heterocycles. The number of nitrogens with zero attached hydrogens (tertiary/aromatic N) is 2. The van der Waals surface area contributed by atoms with Crippen molar-refractivity contribution in [1.82, 2.24) is 10.2 Å². The summed E-state index contributed by atoms with van der Waals surface area (Å²) in [5.74, 6) is -0.760. The summed E-state index contributed by atoms with van der Waals surface area (Å²) in [5.41, 5.74) is 1.55. The van der Waals surface area contributed by atoms with Gasteiger partial charge in [0.1, 0.15) is 5.51 Å². The molecule has 18 heavy (non-hydrogen) atoms. The molecule has 1 aromatic rings. The number of esters is 1. The number of carbonyl (C=O) groups excluding carboxylic acids is 2. The Kier molecular flexibility index (Phi) is 3.90. The van der Waals surface area contributed by atoms with Crippen LogP contribution in [0.25, 0.3) is 0 Å². The third-order valence-corrected chi connectivity index (χ3v) is 3.55. The zero-order valence-corrected chi connectivity index (χ0v) is 11.1. The minimum absolute atomic E-state index is 0.0408. The predicted octanol–water partition coefficient (Wildman–Crippen LogP) is 1.45. The molecule has 6 nitrogen and oxygen atoms in total. The summed E-state index contributed by atoms with van der Waals surface area (Å²) in [5, 5.41) is 10.5. The third kappa shape index (κ3) is 3.04. The van der Waals surface area contributed by atoms with E-state index >= 15 is 0 Å². The van der Waals surface area contributed by atoms with E-state index in [2.05, 4.69) is 15.5 Å². The standard InChI is InChI=1S/C11H15N3O3S/c1-6(3-8-4-7(2)17-10(8)16)9(15)13-11-14-12-5-18-11/h5-8H,3-4H2,1-2H3,(H,13,14,15)/t6-,7-,8-/m1/s1. The van der Waals surface area contributed by atoms with Gasteiger partial charge in [0.05, 0.1) is 12.0 Å². The molecule has 3 atom stereocenters. The maximum absolute atomic E-state index is 11.9. The molecule has 0 spiro atoms. The van der Waals surface area contributed by atoms with E-state index < -0.39 is 0 Å². The molecule has 0 radical (unpaired) electrons. The van der Waals surface area contributed by atoms with Crippen LogP contribution in [0.5, 0.6) is 0 Å². The SMILES string of the molecule is C[C@@H]1C[C@@H](C[C@@H](C)C(=O)Nc2nncs2)C(=O)O1. The lowest BCUT2D eigenvalue weighted by atomic mass is 9.93. The van der Waals surface area contributed by atoms with Crippen LogP contribution < -0.4 is 5.32 Å². The number of carbonyl (C=O) groups is 2. The van der Waals surface area contributed by atoms with E-state index in [0.717, 1.165) is 0 Å². The van der Waals surface area contributed by atoms with Gasteiger partial charge in [0, 0.05) is 5.92 Å². The summed E-state index contributed by atoms with van der Waals surface area (Å²) in [6.07, 6.45) is 1.16. The fraction of sp³-hybridized carbons (Fsp3) is 0.636. The van der Waals surface area contributed by atoms with Gasteiger partial charge in [-0.1, -0.05) is 18.3 Å². The van der Waals surface area contributed by atoms with Crippen LogP contribution in [0.3, 0.4) is 0 Å². The first kappa shape index (κ1) is 12.9. The highest BCUT2D eigenvalue weighted by molar-refractivity contribution is 7.13. The van der Waals surface area contributed by atoms with Crippen molar-refractivity contribution in [1.29, 1.82) is 0 Å². The number of amides is 1. The van der Waals surface area contributed by atoms with Crippen LogP contribution in [0.1, 0.15) is 26.7 Å². The largest absolute Gasteiger partial charge is 0.462 e. The van der Waals surface area contributed by atoms with Gasteiger partial charge in [0.2, 0.25) is 11.0 Å². The fourth-order valence-corrected chi connectivity index (χ4v) is 2.47. The van der Waals surface area contributed by atoms with Gasteiger partial charge in [-0.15, -0.1) is 10.2 Å². The number of hydrogen-bond acceptors (Lipinski definition) is 6. The Morgan fingerprint density at radius 1 is 1.72 bits per heavy atom. The lowest BCUT2D eigenvalue weighted by molar-refractivity contribution is -0.144. The van der Waals surface area contributed by atoms with E-state index in [1.807, 2.05) is 6.92 Å². The van der Waals surface area contributed by atoms with E-state index in [0.29, 0.717) is 18.0 Å². The molecule has 98 valence electrons. The lowest BCUT2D eigenvalue weighted by Crippen LogP contribution is -2.24. The van der Waals surface area contributed by atoms with Crippen molar-refractivity contribution in [2.45, 2.75) is 32.8 Å². The average molecular weight is 269 g/mol. The van der Waals surface area contributed by atoms with Crippen LogP contribution in [0.4, 0.5) is 5.13 Å². The molecular formula is C11H15N3O3S. The van der Waals surface area contributed by atoms with Crippen molar-refractivity contribution in [3.05, 3.63) is 5.51 Å². The van der Waals surface area contributed by atoms with Gasteiger partial charge >= 0.3 is 5.97 Å². The Hall–Kier alpha value is -1.50. The molecule has 1 N–H and O–H groups in total. The Balaban J connectivity index is 1.86. The second kappa shape index (κ2) is 5.43. The topological polar surface area (TPSA) is 81.2 Å². The van der Waals surface area contributed by atoms with Gasteiger partial charge < -0.3 is 10.1 Å². The second-order valence-corrected chi connectivity index (χ2v) is 5.38. The molecule has 1 aromatic heterocycles. The highest BCUT2D eigenvalue weighted by Crippen LogP contribution is 2.27. The van der Waals surface area contributed by atoms with E-state index in [-0.39, 0.29) is 29.8 Å². The summed E-state index contributed by atoms with van der Waals surface area (Å²) >= 11 is 1.27. The molecule has 1 saturated heterocycles. The molecule has 0 aliphatic carbocycles. The lowest BCUT2D eigenvalue weighted by Gasteiger charge is -2.12. The Morgan fingerprint density at radius 2 is 2.50 bits per heavy atom. The number of rotatable bonds is 4. The summed E-state index contributed by atoms with van der Waals surface area (Å²) in [7, 11) is 0. The third-order valence-electron chi connectivity index (χ3n) is 2.94. The van der Waals surface area contributed by atoms with Crippen molar-refractivity contribution in [2.75, 3.05) is 5.32 Å². The summed E-state index contributed by atoms with van der Waals surface area (Å²) < 4.78 is 5.07. The highest BCUT2D eigenvalue weighted by atomic mass is 32.1. The van der Waals surface area contributed by atoms with Crippen LogP contribution >= 0.6 is 11.3 Å². The van der Waals surface area contributed by atoms with Crippen LogP contribution in [0.15, 0.2) is 5.51 Å². The Morgan fingerprint density at radius 3 is 3.06 bits per heavy atom. The van der Waals surface area contributed by atoms with E-state index in [1.54, 1.807) is 12.4 Å². The highest BCUT2D eigenvalue weighted by Gasteiger charge is 2.34. The molecule has 2 rings (SSSR count). The molecule has 0 aromatic carbocycles. The number of cyclic esters (lactones) is 1. The van der Waals surface area contributed by atoms with Gasteiger partial charge in [-0.3, -0.25) is 9.59 Å². The smallest absolute Gasteiger partial charge is 0.309 e. The van der Waals surface area contributed by atoms with Gasteiger partial charge in [0.25, 0.3) is 0 Å². The molecule has 7 heteroatoms. The summed E-state index contributed by atoms with van der Waals surface area (Å²) in [6, 6.07) is 0. The number of aromatic nitrogens is 2. The number of hydrogen-bond donors (Lipinski definition) is 1. The molecule has 1 aliphatic heterocycles. The monoisotopic (exact) mass is 269 g/mol. The Labute approximate surface area is 109 Å². The van der Waals surface area contributed by atoms with Crippen molar-refractivity contribution in [3.8, 4) is 0 Å². The van der Waals surface area contributed by atoms with Gasteiger partial charge in [0.15, 0.2) is 0 Å². The van der Waals surface area contributed by atoms with E-state index in [4.69, 9.17) is 4.74 Å². The summed E-state index contributed by atoms with van der Waals surface area (Å²) in [6.45, 7) is 3.66. The first-order valence-electron chi connectivity index (χ1n) is 5.83. The van der Waals surface area contributed by atoms with Crippen molar-refractivity contribution >= 4 is 28.3 Å². The quantitative estimate of drug-likeness (QED) is 0.837. The molecule has 0 bridgehead atoms.